The highest BCUT2D eigenvalue weighted by Crippen LogP contribution is 2.28. The molecule has 140 valence electrons. The summed E-state index contributed by atoms with van der Waals surface area (Å²) >= 11 is 0. The summed E-state index contributed by atoms with van der Waals surface area (Å²) in [5, 5.41) is 9.99. The van der Waals surface area contributed by atoms with Gasteiger partial charge in [-0.25, -0.2) is 14.9 Å². The summed E-state index contributed by atoms with van der Waals surface area (Å²) in [5.74, 6) is 2.64. The number of anilines is 2. The van der Waals surface area contributed by atoms with E-state index in [0.29, 0.717) is 6.54 Å². The van der Waals surface area contributed by atoms with Crippen LogP contribution in [0, 0.1) is 0 Å². The highest BCUT2D eigenvalue weighted by atomic mass is 16.1. The monoisotopic (exact) mass is 365 g/mol. The fourth-order valence-electron chi connectivity index (χ4n) is 3.54. The summed E-state index contributed by atoms with van der Waals surface area (Å²) in [7, 11) is 1.85. The van der Waals surface area contributed by atoms with E-state index < -0.39 is 0 Å². The van der Waals surface area contributed by atoms with E-state index in [0.717, 1.165) is 49.1 Å². The smallest absolute Gasteiger partial charge is 0.343 e. The van der Waals surface area contributed by atoms with E-state index in [1.54, 1.807) is 10.8 Å². The third kappa shape index (κ3) is 3.69. The van der Waals surface area contributed by atoms with Crippen molar-refractivity contribution in [1.29, 1.82) is 0 Å². The minimum atomic E-state index is -0.152. The van der Waals surface area contributed by atoms with Gasteiger partial charge in [0.05, 0.1) is 6.54 Å². The van der Waals surface area contributed by atoms with E-state index in [9.17, 15) is 4.79 Å². The Bertz CT molecular complexity index is 942. The SMILES string of the molecule is CNc1ccnc(N2CCC(c3n[nH]c(=O)n3Cc3ccccc3)CC2)n1. The van der Waals surface area contributed by atoms with E-state index in [2.05, 4.69) is 30.4 Å². The Kier molecular flexibility index (Phi) is 4.86. The maximum atomic E-state index is 12.3. The van der Waals surface area contributed by atoms with Gasteiger partial charge in [0.15, 0.2) is 0 Å². The van der Waals surface area contributed by atoms with Crippen molar-refractivity contribution < 1.29 is 0 Å². The predicted octanol–water partition coefficient (Wildman–Crippen LogP) is 1.84. The molecule has 0 amide bonds. The first kappa shape index (κ1) is 17.3. The second kappa shape index (κ2) is 7.61. The van der Waals surface area contributed by atoms with E-state index in [1.165, 1.54) is 0 Å². The van der Waals surface area contributed by atoms with Crippen molar-refractivity contribution in [2.75, 3.05) is 30.4 Å². The van der Waals surface area contributed by atoms with Crippen LogP contribution in [0.1, 0.15) is 30.1 Å². The predicted molar refractivity (Wildman–Crippen MR) is 104 cm³/mol. The molecule has 1 aliphatic rings. The van der Waals surface area contributed by atoms with Crippen molar-refractivity contribution in [2.45, 2.75) is 25.3 Å². The van der Waals surface area contributed by atoms with Crippen LogP contribution < -0.4 is 15.9 Å². The van der Waals surface area contributed by atoms with Gasteiger partial charge in [0, 0.05) is 32.3 Å². The van der Waals surface area contributed by atoms with Crippen LogP contribution in [0.4, 0.5) is 11.8 Å². The first-order valence-electron chi connectivity index (χ1n) is 9.19. The Morgan fingerprint density at radius 1 is 1.19 bits per heavy atom. The third-order valence-corrected chi connectivity index (χ3v) is 5.01. The molecular formula is C19H23N7O. The lowest BCUT2D eigenvalue weighted by Crippen LogP contribution is -2.35. The van der Waals surface area contributed by atoms with Crippen molar-refractivity contribution in [3.8, 4) is 0 Å². The molecule has 0 atom stereocenters. The molecule has 0 saturated carbocycles. The zero-order valence-electron chi connectivity index (χ0n) is 15.3. The Balaban J connectivity index is 1.48. The summed E-state index contributed by atoms with van der Waals surface area (Å²) < 4.78 is 1.76. The number of aromatic nitrogens is 5. The van der Waals surface area contributed by atoms with Gasteiger partial charge in [-0.15, -0.1) is 0 Å². The Labute approximate surface area is 157 Å². The van der Waals surface area contributed by atoms with Gasteiger partial charge in [-0.3, -0.25) is 4.57 Å². The van der Waals surface area contributed by atoms with Crippen LogP contribution in [0.3, 0.4) is 0 Å². The lowest BCUT2D eigenvalue weighted by atomic mass is 9.96. The van der Waals surface area contributed by atoms with Gasteiger partial charge >= 0.3 is 5.69 Å². The largest absolute Gasteiger partial charge is 0.373 e. The Morgan fingerprint density at radius 2 is 1.96 bits per heavy atom. The van der Waals surface area contributed by atoms with E-state index in [-0.39, 0.29) is 11.6 Å². The molecule has 0 aliphatic carbocycles. The van der Waals surface area contributed by atoms with Gasteiger partial charge in [-0.1, -0.05) is 30.3 Å². The molecule has 1 fully saturated rings. The van der Waals surface area contributed by atoms with Crippen LogP contribution in [0.25, 0.3) is 0 Å². The fourth-order valence-corrected chi connectivity index (χ4v) is 3.54. The van der Waals surface area contributed by atoms with E-state index in [1.807, 2.05) is 43.4 Å². The summed E-state index contributed by atoms with van der Waals surface area (Å²) in [4.78, 5) is 23.3. The number of H-pyrrole nitrogens is 1. The van der Waals surface area contributed by atoms with Gasteiger partial charge in [0.1, 0.15) is 11.6 Å². The Morgan fingerprint density at radius 3 is 2.70 bits per heavy atom. The van der Waals surface area contributed by atoms with Crippen molar-refractivity contribution >= 4 is 11.8 Å². The zero-order valence-corrected chi connectivity index (χ0v) is 15.3. The second-order valence-corrected chi connectivity index (χ2v) is 6.71. The maximum Gasteiger partial charge on any atom is 0.343 e. The van der Waals surface area contributed by atoms with Crippen molar-refractivity contribution in [3.05, 3.63) is 64.5 Å². The quantitative estimate of drug-likeness (QED) is 0.717. The molecule has 0 radical (unpaired) electrons. The minimum Gasteiger partial charge on any atom is -0.373 e. The molecule has 4 rings (SSSR count). The molecule has 1 saturated heterocycles. The molecule has 2 aromatic heterocycles. The van der Waals surface area contributed by atoms with Gasteiger partial charge in [-0.2, -0.15) is 10.1 Å². The molecule has 2 N–H and O–H groups in total. The van der Waals surface area contributed by atoms with E-state index >= 15 is 0 Å². The number of nitrogens with one attached hydrogen (secondary N) is 2. The maximum absolute atomic E-state index is 12.3. The molecule has 3 aromatic rings. The lowest BCUT2D eigenvalue weighted by Gasteiger charge is -2.31. The van der Waals surface area contributed by atoms with Gasteiger partial charge < -0.3 is 10.2 Å². The lowest BCUT2D eigenvalue weighted by molar-refractivity contribution is 0.464. The number of rotatable bonds is 5. The summed E-state index contributed by atoms with van der Waals surface area (Å²) in [6.45, 7) is 2.22. The Hall–Kier alpha value is -3.16. The van der Waals surface area contributed by atoms with Crippen molar-refractivity contribution in [3.63, 3.8) is 0 Å². The second-order valence-electron chi connectivity index (χ2n) is 6.71. The van der Waals surface area contributed by atoms with Crippen molar-refractivity contribution in [2.24, 2.45) is 0 Å². The molecule has 1 aromatic carbocycles. The summed E-state index contributed by atoms with van der Waals surface area (Å²) in [6, 6.07) is 11.8. The number of benzene rings is 1. The number of aromatic amines is 1. The fraction of sp³-hybridized carbons (Fsp3) is 0.368. The average molecular weight is 365 g/mol. The molecule has 27 heavy (non-hydrogen) atoms. The molecule has 0 unspecified atom stereocenters. The van der Waals surface area contributed by atoms with Crippen LogP contribution in [-0.4, -0.2) is 44.9 Å². The normalized spacial score (nSPS) is 15.1. The van der Waals surface area contributed by atoms with E-state index in [4.69, 9.17) is 0 Å². The summed E-state index contributed by atoms with van der Waals surface area (Å²) in [6.07, 6.45) is 3.59. The van der Waals surface area contributed by atoms with Crippen LogP contribution >= 0.6 is 0 Å². The van der Waals surface area contributed by atoms with Crippen molar-refractivity contribution in [1.82, 2.24) is 24.7 Å². The topological polar surface area (TPSA) is 91.7 Å². The highest BCUT2D eigenvalue weighted by molar-refractivity contribution is 5.41. The van der Waals surface area contributed by atoms with Crippen LogP contribution in [-0.2, 0) is 6.54 Å². The molecule has 3 heterocycles. The average Bonchev–Trinajstić information content (AvgIpc) is 3.09. The zero-order chi connectivity index (χ0) is 18.6. The van der Waals surface area contributed by atoms with Gasteiger partial charge in [-0.05, 0) is 24.5 Å². The van der Waals surface area contributed by atoms with Gasteiger partial charge in [0.25, 0.3) is 0 Å². The number of nitrogens with zero attached hydrogens (tertiary/aromatic N) is 5. The number of hydrogen-bond donors (Lipinski definition) is 2. The third-order valence-electron chi connectivity index (χ3n) is 5.01. The molecular weight excluding hydrogens is 342 g/mol. The van der Waals surface area contributed by atoms with Crippen LogP contribution in [0.15, 0.2) is 47.4 Å². The molecule has 0 spiro atoms. The molecule has 1 aliphatic heterocycles. The molecule has 8 heteroatoms. The first-order chi connectivity index (χ1) is 13.2. The number of hydrogen-bond acceptors (Lipinski definition) is 6. The molecule has 0 bridgehead atoms. The number of piperidine rings is 1. The first-order valence-corrected chi connectivity index (χ1v) is 9.19. The minimum absolute atomic E-state index is 0.152. The highest BCUT2D eigenvalue weighted by Gasteiger charge is 2.26. The van der Waals surface area contributed by atoms with Crippen LogP contribution in [0.2, 0.25) is 0 Å². The summed E-state index contributed by atoms with van der Waals surface area (Å²) in [5.41, 5.74) is 0.943. The van der Waals surface area contributed by atoms with Gasteiger partial charge in [0.2, 0.25) is 5.95 Å². The van der Waals surface area contributed by atoms with Crippen LogP contribution in [0.5, 0.6) is 0 Å². The molecule has 8 nitrogen and oxygen atoms in total. The standard InChI is InChI=1S/C19H23N7O/c1-20-16-7-10-21-18(22-16)25-11-8-15(9-12-25)17-23-24-19(27)26(17)13-14-5-3-2-4-6-14/h2-7,10,15H,8-9,11-13H2,1H3,(H,24,27)(H,20,21,22).